The molecule has 29 heavy (non-hydrogen) atoms. The first-order chi connectivity index (χ1) is 13.7. The van der Waals surface area contributed by atoms with Crippen molar-refractivity contribution in [2.24, 2.45) is 0 Å². The van der Waals surface area contributed by atoms with Crippen LogP contribution in [0.4, 0.5) is 8.78 Å². The Morgan fingerprint density at radius 2 is 1.90 bits per heavy atom. The van der Waals surface area contributed by atoms with Gasteiger partial charge < -0.3 is 14.8 Å². The van der Waals surface area contributed by atoms with Crippen molar-refractivity contribution in [3.8, 4) is 11.5 Å². The van der Waals surface area contributed by atoms with Gasteiger partial charge in [0.15, 0.2) is 11.5 Å². The Hall–Kier alpha value is -2.43. The molecule has 0 saturated heterocycles. The van der Waals surface area contributed by atoms with Crippen LogP contribution in [0.1, 0.15) is 15.9 Å². The normalized spacial score (nSPS) is 11.4. The maximum atomic E-state index is 12.4. The number of rotatable bonds is 9. The van der Waals surface area contributed by atoms with Crippen molar-refractivity contribution in [1.82, 2.24) is 10.0 Å². The lowest BCUT2D eigenvalue weighted by Crippen LogP contribution is -2.26. The number of ether oxygens (including phenoxy) is 2. The van der Waals surface area contributed by atoms with Crippen molar-refractivity contribution in [2.75, 3.05) is 20.7 Å². The molecule has 2 aromatic carbocycles. The summed E-state index contributed by atoms with van der Waals surface area (Å²) in [7, 11) is -1.14. The van der Waals surface area contributed by atoms with E-state index in [1.165, 1.54) is 44.5 Å². The van der Waals surface area contributed by atoms with E-state index < -0.39 is 22.5 Å². The fourth-order valence-electron chi connectivity index (χ4n) is 2.44. The van der Waals surface area contributed by atoms with Crippen LogP contribution < -0.4 is 19.5 Å². The highest BCUT2D eigenvalue weighted by atomic mass is 35.5. The fraction of sp³-hybridized carbons (Fsp3) is 0.278. The van der Waals surface area contributed by atoms with Gasteiger partial charge in [-0.2, -0.15) is 8.78 Å². The van der Waals surface area contributed by atoms with Crippen molar-refractivity contribution in [3.05, 3.63) is 52.5 Å². The SMILES string of the molecule is CNS(=O)(=O)c1ccc(Cl)c(C(=O)NCCc2ccc(OC(F)F)c(OC)c2)c1. The molecule has 158 valence electrons. The number of hydrogen-bond donors (Lipinski definition) is 2. The quantitative estimate of drug-likeness (QED) is 0.615. The lowest BCUT2D eigenvalue weighted by atomic mass is 10.1. The maximum Gasteiger partial charge on any atom is 0.387 e. The summed E-state index contributed by atoms with van der Waals surface area (Å²) in [6.45, 7) is -2.78. The van der Waals surface area contributed by atoms with Crippen LogP contribution in [0.15, 0.2) is 41.3 Å². The van der Waals surface area contributed by atoms with Gasteiger partial charge in [-0.05, 0) is 49.4 Å². The van der Waals surface area contributed by atoms with Gasteiger partial charge in [-0.3, -0.25) is 4.79 Å². The third kappa shape index (κ3) is 6.02. The summed E-state index contributed by atoms with van der Waals surface area (Å²) in [5, 5.41) is 2.74. The van der Waals surface area contributed by atoms with E-state index in [9.17, 15) is 22.0 Å². The smallest absolute Gasteiger partial charge is 0.387 e. The molecule has 0 aromatic heterocycles. The Bertz CT molecular complexity index is 986. The molecule has 0 spiro atoms. The third-order valence-corrected chi connectivity index (χ3v) is 5.65. The molecule has 2 aromatic rings. The van der Waals surface area contributed by atoms with Crippen LogP contribution in [0.2, 0.25) is 5.02 Å². The zero-order valence-corrected chi connectivity index (χ0v) is 17.1. The van der Waals surface area contributed by atoms with Gasteiger partial charge in [0.2, 0.25) is 10.0 Å². The van der Waals surface area contributed by atoms with E-state index in [-0.39, 0.29) is 33.5 Å². The van der Waals surface area contributed by atoms with Gasteiger partial charge in [0.1, 0.15) is 0 Å². The molecule has 0 unspecified atom stereocenters. The first kappa shape index (κ1) is 22.9. The van der Waals surface area contributed by atoms with Crippen LogP contribution in [0.3, 0.4) is 0 Å². The first-order valence-electron chi connectivity index (χ1n) is 8.31. The molecular weight excluding hydrogens is 430 g/mol. The number of hydrogen-bond acceptors (Lipinski definition) is 5. The zero-order chi connectivity index (χ0) is 21.6. The number of amides is 1. The number of benzene rings is 2. The molecule has 0 aliphatic rings. The predicted octanol–water partition coefficient (Wildman–Crippen LogP) is 2.83. The summed E-state index contributed by atoms with van der Waals surface area (Å²) in [5.74, 6) is -0.500. The molecule has 2 rings (SSSR count). The molecule has 0 heterocycles. The van der Waals surface area contributed by atoms with Crippen LogP contribution in [-0.4, -0.2) is 41.6 Å². The lowest BCUT2D eigenvalue weighted by Gasteiger charge is -2.12. The Kier molecular flexibility index (Phi) is 7.77. The molecule has 0 aliphatic carbocycles. The van der Waals surface area contributed by atoms with Crippen LogP contribution in [-0.2, 0) is 16.4 Å². The number of halogens is 3. The van der Waals surface area contributed by atoms with E-state index in [0.29, 0.717) is 12.0 Å². The number of carbonyl (C=O) groups excluding carboxylic acids is 1. The lowest BCUT2D eigenvalue weighted by molar-refractivity contribution is -0.0512. The maximum absolute atomic E-state index is 12.4. The highest BCUT2D eigenvalue weighted by Gasteiger charge is 2.17. The second-order valence-corrected chi connectivity index (χ2v) is 8.01. The Balaban J connectivity index is 2.06. The van der Waals surface area contributed by atoms with E-state index in [1.807, 2.05) is 0 Å². The second-order valence-electron chi connectivity index (χ2n) is 5.72. The molecule has 0 aliphatic heterocycles. The minimum Gasteiger partial charge on any atom is -0.493 e. The molecule has 2 N–H and O–H groups in total. The summed E-state index contributed by atoms with van der Waals surface area (Å²) in [4.78, 5) is 12.3. The summed E-state index contributed by atoms with van der Waals surface area (Å²) in [6, 6.07) is 8.25. The molecule has 0 saturated carbocycles. The second kappa shape index (κ2) is 9.86. The van der Waals surface area contributed by atoms with Crippen LogP contribution >= 0.6 is 11.6 Å². The van der Waals surface area contributed by atoms with Crippen molar-refractivity contribution in [1.29, 1.82) is 0 Å². The molecule has 0 atom stereocenters. The largest absolute Gasteiger partial charge is 0.493 e. The highest BCUT2D eigenvalue weighted by molar-refractivity contribution is 7.89. The average molecular weight is 449 g/mol. The number of nitrogens with one attached hydrogen (secondary N) is 2. The molecular formula is C18H19ClF2N2O5S. The Morgan fingerprint density at radius 3 is 2.52 bits per heavy atom. The molecule has 0 bridgehead atoms. The zero-order valence-electron chi connectivity index (χ0n) is 15.5. The Labute approximate surface area is 172 Å². The van der Waals surface area contributed by atoms with Gasteiger partial charge in [-0.1, -0.05) is 17.7 Å². The molecule has 1 amide bonds. The third-order valence-electron chi connectivity index (χ3n) is 3.90. The van der Waals surface area contributed by atoms with Gasteiger partial charge in [0.05, 0.1) is 22.6 Å². The van der Waals surface area contributed by atoms with E-state index in [0.717, 1.165) is 0 Å². The van der Waals surface area contributed by atoms with Gasteiger partial charge >= 0.3 is 6.61 Å². The molecule has 0 fully saturated rings. The first-order valence-corrected chi connectivity index (χ1v) is 10.2. The number of methoxy groups -OCH3 is 1. The van der Waals surface area contributed by atoms with Crippen molar-refractivity contribution >= 4 is 27.5 Å². The summed E-state index contributed by atoms with van der Waals surface area (Å²) >= 11 is 6.01. The topological polar surface area (TPSA) is 93.7 Å². The number of sulfonamides is 1. The molecule has 0 radical (unpaired) electrons. The van der Waals surface area contributed by atoms with Gasteiger partial charge in [-0.25, -0.2) is 13.1 Å². The van der Waals surface area contributed by atoms with Crippen molar-refractivity contribution in [3.63, 3.8) is 0 Å². The number of alkyl halides is 2. The minimum absolute atomic E-state index is 0.0150. The summed E-state index contributed by atoms with van der Waals surface area (Å²) in [6.07, 6.45) is 0.364. The fourth-order valence-corrected chi connectivity index (χ4v) is 3.40. The van der Waals surface area contributed by atoms with E-state index in [4.69, 9.17) is 16.3 Å². The van der Waals surface area contributed by atoms with Crippen LogP contribution in [0, 0.1) is 0 Å². The van der Waals surface area contributed by atoms with Crippen LogP contribution in [0.5, 0.6) is 11.5 Å². The molecule has 7 nitrogen and oxygen atoms in total. The van der Waals surface area contributed by atoms with E-state index >= 15 is 0 Å². The van der Waals surface area contributed by atoms with Gasteiger partial charge in [-0.15, -0.1) is 0 Å². The highest BCUT2D eigenvalue weighted by Crippen LogP contribution is 2.29. The van der Waals surface area contributed by atoms with Gasteiger partial charge in [0.25, 0.3) is 5.91 Å². The minimum atomic E-state index is -3.72. The summed E-state index contributed by atoms with van der Waals surface area (Å²) < 4.78 is 60.1. The van der Waals surface area contributed by atoms with Gasteiger partial charge in [0, 0.05) is 6.54 Å². The predicted molar refractivity (Wildman–Crippen MR) is 103 cm³/mol. The Morgan fingerprint density at radius 1 is 1.17 bits per heavy atom. The van der Waals surface area contributed by atoms with Crippen LogP contribution in [0.25, 0.3) is 0 Å². The average Bonchev–Trinajstić information content (AvgIpc) is 2.68. The van der Waals surface area contributed by atoms with Crippen molar-refractivity contribution < 1.29 is 31.5 Å². The summed E-state index contributed by atoms with van der Waals surface area (Å²) in [5.41, 5.74) is 0.725. The molecule has 11 heteroatoms. The van der Waals surface area contributed by atoms with Crippen molar-refractivity contribution in [2.45, 2.75) is 17.9 Å². The monoisotopic (exact) mass is 448 g/mol. The van der Waals surface area contributed by atoms with E-state index in [1.54, 1.807) is 6.07 Å². The number of carbonyl (C=O) groups is 1. The van der Waals surface area contributed by atoms with E-state index in [2.05, 4.69) is 14.8 Å². The standard InChI is InChI=1S/C18H19ClF2N2O5S/c1-22-29(25,26)12-4-5-14(19)13(10-12)17(24)23-8-7-11-3-6-15(28-18(20)21)16(9-11)27-2/h3-6,9-10,18,22H,7-8H2,1-2H3,(H,23,24).